The predicted octanol–water partition coefficient (Wildman–Crippen LogP) is 3.55. The van der Waals surface area contributed by atoms with Crippen molar-refractivity contribution in [3.8, 4) is 0 Å². The van der Waals surface area contributed by atoms with Crippen LogP contribution in [-0.2, 0) is 9.59 Å². The number of hydrogen-bond acceptors (Lipinski definition) is 4. The summed E-state index contributed by atoms with van der Waals surface area (Å²) in [6, 6.07) is 15.3. The Kier molecular flexibility index (Phi) is 5.19. The molecule has 0 radical (unpaired) electrons. The number of nitrogens with one attached hydrogen (secondary N) is 2. The zero-order valence-corrected chi connectivity index (χ0v) is 14.9. The molecule has 25 heavy (non-hydrogen) atoms. The van der Waals surface area contributed by atoms with Crippen molar-refractivity contribution in [3.05, 3.63) is 59.7 Å². The summed E-state index contributed by atoms with van der Waals surface area (Å²) in [7, 11) is 0. The Hall–Kier alpha value is -2.60. The topological polar surface area (TPSA) is 70.6 Å². The molecule has 1 atom stereocenters. The van der Waals surface area contributed by atoms with Gasteiger partial charge in [-0.25, -0.2) is 4.99 Å². The lowest BCUT2D eigenvalue weighted by molar-refractivity contribution is -0.122. The number of aryl methyl sites for hydroxylation is 2. The standard InChI is InChI=1S/C19H19N3O2S/c1-12-7-9-14(10-8-12)20-19-22-18(24)16(25-19)11-17(23)21-15-6-4-3-5-13(15)2/h3-10,16H,11H2,1-2H3,(H,21,23)(H,20,22,24). The molecule has 2 aromatic rings. The van der Waals surface area contributed by atoms with Gasteiger partial charge in [0.1, 0.15) is 5.25 Å². The average molecular weight is 353 g/mol. The molecule has 3 rings (SSSR count). The molecule has 6 heteroatoms. The van der Waals surface area contributed by atoms with Crippen LogP contribution in [0.4, 0.5) is 11.4 Å². The first-order chi connectivity index (χ1) is 12.0. The van der Waals surface area contributed by atoms with Gasteiger partial charge in [-0.3, -0.25) is 9.59 Å². The summed E-state index contributed by atoms with van der Waals surface area (Å²) in [6.07, 6.45) is 0.109. The van der Waals surface area contributed by atoms with E-state index in [0.717, 1.165) is 22.5 Å². The third kappa shape index (κ3) is 4.48. The Bertz CT molecular complexity index is 831. The van der Waals surface area contributed by atoms with Crippen LogP contribution in [0, 0.1) is 13.8 Å². The van der Waals surface area contributed by atoms with Gasteiger partial charge in [0.15, 0.2) is 5.17 Å². The molecule has 0 spiro atoms. The third-order valence-corrected chi connectivity index (χ3v) is 4.91. The number of para-hydroxylation sites is 1. The quantitative estimate of drug-likeness (QED) is 0.883. The van der Waals surface area contributed by atoms with Crippen molar-refractivity contribution in [2.75, 3.05) is 5.32 Å². The molecule has 1 aliphatic rings. The number of aliphatic imine (C=N–C) groups is 1. The molecule has 1 saturated heterocycles. The van der Waals surface area contributed by atoms with Gasteiger partial charge >= 0.3 is 0 Å². The fraction of sp³-hybridized carbons (Fsp3) is 0.211. The SMILES string of the molecule is Cc1ccc(N=C2NC(=O)C(CC(=O)Nc3ccccc3C)S2)cc1. The van der Waals surface area contributed by atoms with Crippen LogP contribution in [0.1, 0.15) is 17.5 Å². The van der Waals surface area contributed by atoms with E-state index in [0.29, 0.717) is 5.17 Å². The second-order valence-corrected chi connectivity index (χ2v) is 7.11. The van der Waals surface area contributed by atoms with E-state index in [-0.39, 0.29) is 18.2 Å². The van der Waals surface area contributed by atoms with Gasteiger partial charge in [-0.2, -0.15) is 0 Å². The van der Waals surface area contributed by atoms with Gasteiger partial charge in [0.2, 0.25) is 11.8 Å². The van der Waals surface area contributed by atoms with E-state index < -0.39 is 5.25 Å². The third-order valence-electron chi connectivity index (χ3n) is 3.83. The lowest BCUT2D eigenvalue weighted by Crippen LogP contribution is -2.28. The number of amides is 2. The van der Waals surface area contributed by atoms with Crippen LogP contribution >= 0.6 is 11.8 Å². The first kappa shape index (κ1) is 17.2. The maximum Gasteiger partial charge on any atom is 0.240 e. The summed E-state index contributed by atoms with van der Waals surface area (Å²) in [4.78, 5) is 28.7. The Balaban J connectivity index is 1.62. The van der Waals surface area contributed by atoms with Gasteiger partial charge in [-0.05, 0) is 37.6 Å². The van der Waals surface area contributed by atoms with E-state index >= 15 is 0 Å². The smallest absolute Gasteiger partial charge is 0.240 e. The van der Waals surface area contributed by atoms with Crippen LogP contribution in [0.5, 0.6) is 0 Å². The molecular formula is C19H19N3O2S. The van der Waals surface area contributed by atoms with Crippen molar-refractivity contribution < 1.29 is 9.59 Å². The van der Waals surface area contributed by atoms with E-state index in [1.807, 2.05) is 62.4 Å². The molecule has 1 fully saturated rings. The summed E-state index contributed by atoms with van der Waals surface area (Å²) in [5.74, 6) is -0.366. The zero-order valence-electron chi connectivity index (χ0n) is 14.1. The highest BCUT2D eigenvalue weighted by molar-refractivity contribution is 8.15. The van der Waals surface area contributed by atoms with Gasteiger partial charge in [0.05, 0.1) is 5.69 Å². The minimum absolute atomic E-state index is 0.109. The van der Waals surface area contributed by atoms with Crippen LogP contribution < -0.4 is 10.6 Å². The number of carbonyl (C=O) groups excluding carboxylic acids is 2. The lowest BCUT2D eigenvalue weighted by Gasteiger charge is -2.09. The second-order valence-electron chi connectivity index (χ2n) is 5.92. The molecule has 128 valence electrons. The molecule has 2 amide bonds. The molecule has 5 nitrogen and oxygen atoms in total. The number of anilines is 1. The monoisotopic (exact) mass is 353 g/mol. The van der Waals surface area contributed by atoms with Crippen molar-refractivity contribution in [1.29, 1.82) is 0 Å². The molecule has 1 aliphatic heterocycles. The van der Waals surface area contributed by atoms with Crippen LogP contribution in [0.2, 0.25) is 0 Å². The highest BCUT2D eigenvalue weighted by atomic mass is 32.2. The van der Waals surface area contributed by atoms with E-state index in [1.165, 1.54) is 11.8 Å². The number of benzene rings is 2. The van der Waals surface area contributed by atoms with Crippen LogP contribution in [-0.4, -0.2) is 22.2 Å². The lowest BCUT2D eigenvalue weighted by atomic mass is 10.2. The number of rotatable bonds is 4. The molecule has 0 aromatic heterocycles. The first-order valence-corrected chi connectivity index (χ1v) is 8.87. The highest BCUT2D eigenvalue weighted by Gasteiger charge is 2.32. The molecule has 1 unspecified atom stereocenters. The Morgan fingerprint density at radius 2 is 1.88 bits per heavy atom. The first-order valence-electron chi connectivity index (χ1n) is 7.99. The van der Waals surface area contributed by atoms with Crippen molar-refractivity contribution in [2.45, 2.75) is 25.5 Å². The summed E-state index contributed by atoms with van der Waals surface area (Å²) >= 11 is 1.29. The Morgan fingerprint density at radius 3 is 2.60 bits per heavy atom. The van der Waals surface area contributed by atoms with Gasteiger partial charge in [0.25, 0.3) is 0 Å². The maximum absolute atomic E-state index is 12.2. The van der Waals surface area contributed by atoms with Crippen molar-refractivity contribution in [3.63, 3.8) is 0 Å². The average Bonchev–Trinajstić information content (AvgIpc) is 2.91. The van der Waals surface area contributed by atoms with Crippen molar-refractivity contribution in [2.24, 2.45) is 4.99 Å². The highest BCUT2D eigenvalue weighted by Crippen LogP contribution is 2.26. The Labute approximate surface area is 150 Å². The maximum atomic E-state index is 12.2. The van der Waals surface area contributed by atoms with Crippen LogP contribution in [0.15, 0.2) is 53.5 Å². The number of amidine groups is 1. The van der Waals surface area contributed by atoms with E-state index in [1.54, 1.807) is 0 Å². The van der Waals surface area contributed by atoms with Gasteiger partial charge in [-0.15, -0.1) is 0 Å². The van der Waals surface area contributed by atoms with Gasteiger partial charge in [-0.1, -0.05) is 47.7 Å². The molecule has 2 N–H and O–H groups in total. The fourth-order valence-corrected chi connectivity index (χ4v) is 3.40. The molecule has 2 aromatic carbocycles. The normalized spacial score (nSPS) is 18.2. The Morgan fingerprint density at radius 1 is 1.16 bits per heavy atom. The van der Waals surface area contributed by atoms with Crippen molar-refractivity contribution in [1.82, 2.24) is 5.32 Å². The van der Waals surface area contributed by atoms with Crippen LogP contribution in [0.25, 0.3) is 0 Å². The summed E-state index contributed by atoms with van der Waals surface area (Å²) in [5, 5.41) is 5.66. The predicted molar refractivity (Wildman–Crippen MR) is 102 cm³/mol. The largest absolute Gasteiger partial charge is 0.326 e. The number of carbonyl (C=O) groups is 2. The van der Waals surface area contributed by atoms with Crippen LogP contribution in [0.3, 0.4) is 0 Å². The second kappa shape index (κ2) is 7.53. The number of nitrogens with zero attached hydrogens (tertiary/aromatic N) is 1. The minimum Gasteiger partial charge on any atom is -0.326 e. The number of thioether (sulfide) groups is 1. The molecule has 0 saturated carbocycles. The summed E-state index contributed by atoms with van der Waals surface area (Å²) < 4.78 is 0. The van der Waals surface area contributed by atoms with E-state index in [9.17, 15) is 9.59 Å². The van der Waals surface area contributed by atoms with Crippen molar-refractivity contribution >= 4 is 40.1 Å². The zero-order chi connectivity index (χ0) is 17.8. The molecule has 1 heterocycles. The number of hydrogen-bond donors (Lipinski definition) is 2. The van der Waals surface area contributed by atoms with E-state index in [4.69, 9.17) is 0 Å². The van der Waals surface area contributed by atoms with Gasteiger partial charge in [0, 0.05) is 12.1 Å². The summed E-state index contributed by atoms with van der Waals surface area (Å²) in [6.45, 7) is 3.94. The molecule has 0 bridgehead atoms. The van der Waals surface area contributed by atoms with Gasteiger partial charge < -0.3 is 10.6 Å². The molecule has 0 aliphatic carbocycles. The van der Waals surface area contributed by atoms with E-state index in [2.05, 4.69) is 15.6 Å². The minimum atomic E-state index is -0.465. The summed E-state index contributed by atoms with van der Waals surface area (Å²) in [5.41, 5.74) is 3.68. The molecular weight excluding hydrogens is 334 g/mol. The fourth-order valence-electron chi connectivity index (χ4n) is 2.41.